The molecule has 2 aliphatic rings. The molecule has 0 aromatic carbocycles. The van der Waals surface area contributed by atoms with Crippen molar-refractivity contribution in [3.63, 3.8) is 0 Å². The van der Waals surface area contributed by atoms with E-state index in [0.717, 1.165) is 43.5 Å². The summed E-state index contributed by atoms with van der Waals surface area (Å²) in [5.74, 6) is 3.39. The van der Waals surface area contributed by atoms with Gasteiger partial charge in [-0.1, -0.05) is 19.3 Å². The van der Waals surface area contributed by atoms with Crippen molar-refractivity contribution in [2.75, 3.05) is 6.61 Å². The molecule has 3 heterocycles. The molecule has 0 amide bonds. The number of ether oxygens (including phenoxy) is 1. The van der Waals surface area contributed by atoms with Crippen LogP contribution >= 0.6 is 0 Å². The Labute approximate surface area is 136 Å². The SMILES string of the molecule is Cn1ccnc1[C@@H]1OCCC[C@H]1c1nnc(CCC2CCC2)o1. The zero-order chi connectivity index (χ0) is 15.6. The summed E-state index contributed by atoms with van der Waals surface area (Å²) in [7, 11) is 2.00. The molecular weight excluding hydrogens is 292 g/mol. The minimum absolute atomic E-state index is 0.0938. The lowest BCUT2D eigenvalue weighted by molar-refractivity contribution is -0.0159. The lowest BCUT2D eigenvalue weighted by Gasteiger charge is -2.28. The predicted octanol–water partition coefficient (Wildman–Crippen LogP) is 3.17. The second kappa shape index (κ2) is 6.43. The molecule has 2 atom stereocenters. The van der Waals surface area contributed by atoms with Gasteiger partial charge in [0.15, 0.2) is 0 Å². The van der Waals surface area contributed by atoms with Crippen LogP contribution in [0.5, 0.6) is 0 Å². The summed E-state index contributed by atoms with van der Waals surface area (Å²) in [5.41, 5.74) is 0. The molecule has 1 aliphatic heterocycles. The Morgan fingerprint density at radius 2 is 2.13 bits per heavy atom. The second-order valence-corrected chi connectivity index (χ2v) is 6.81. The Morgan fingerprint density at radius 1 is 1.22 bits per heavy atom. The van der Waals surface area contributed by atoms with Crippen molar-refractivity contribution in [1.82, 2.24) is 19.7 Å². The largest absolute Gasteiger partial charge is 0.425 e. The first-order chi connectivity index (χ1) is 11.3. The summed E-state index contributed by atoms with van der Waals surface area (Å²) in [4.78, 5) is 4.45. The van der Waals surface area contributed by atoms with Gasteiger partial charge in [-0.3, -0.25) is 0 Å². The van der Waals surface area contributed by atoms with Crippen molar-refractivity contribution in [3.05, 3.63) is 30.0 Å². The molecule has 0 radical (unpaired) electrons. The molecule has 0 N–H and O–H groups in total. The average molecular weight is 316 g/mol. The van der Waals surface area contributed by atoms with Gasteiger partial charge in [-0.05, 0) is 25.2 Å². The maximum Gasteiger partial charge on any atom is 0.222 e. The predicted molar refractivity (Wildman–Crippen MR) is 83.8 cm³/mol. The van der Waals surface area contributed by atoms with Crippen LogP contribution in [-0.4, -0.2) is 26.4 Å². The summed E-state index contributed by atoms with van der Waals surface area (Å²) in [6, 6.07) is 0. The Bertz CT molecular complexity index is 647. The molecule has 2 aromatic rings. The van der Waals surface area contributed by atoms with E-state index in [4.69, 9.17) is 9.15 Å². The summed E-state index contributed by atoms with van der Waals surface area (Å²) < 4.78 is 14.0. The van der Waals surface area contributed by atoms with E-state index in [9.17, 15) is 0 Å². The molecule has 124 valence electrons. The number of aryl methyl sites for hydroxylation is 2. The fraction of sp³-hybridized carbons (Fsp3) is 0.706. The number of nitrogens with zero attached hydrogens (tertiary/aromatic N) is 4. The van der Waals surface area contributed by atoms with E-state index in [1.165, 1.54) is 25.7 Å². The van der Waals surface area contributed by atoms with E-state index in [1.807, 2.05) is 24.0 Å². The molecule has 6 nitrogen and oxygen atoms in total. The molecule has 1 saturated carbocycles. The average Bonchev–Trinajstić information content (AvgIpc) is 3.15. The minimum atomic E-state index is -0.0938. The molecule has 0 bridgehead atoms. The van der Waals surface area contributed by atoms with Crippen LogP contribution in [-0.2, 0) is 18.2 Å². The van der Waals surface area contributed by atoms with Crippen molar-refractivity contribution in [3.8, 4) is 0 Å². The third-order valence-electron chi connectivity index (χ3n) is 5.23. The molecule has 0 unspecified atom stereocenters. The van der Waals surface area contributed by atoms with Crippen molar-refractivity contribution in [2.24, 2.45) is 13.0 Å². The first-order valence-electron chi connectivity index (χ1n) is 8.72. The van der Waals surface area contributed by atoms with Gasteiger partial charge in [-0.2, -0.15) is 0 Å². The summed E-state index contributed by atoms with van der Waals surface area (Å²) in [6.07, 6.45) is 11.9. The molecule has 2 fully saturated rings. The zero-order valence-corrected chi connectivity index (χ0v) is 13.6. The number of rotatable bonds is 5. The topological polar surface area (TPSA) is 66.0 Å². The lowest BCUT2D eigenvalue weighted by atomic mass is 9.82. The Kier molecular flexibility index (Phi) is 4.16. The molecule has 23 heavy (non-hydrogen) atoms. The van der Waals surface area contributed by atoms with Crippen LogP contribution in [0.2, 0.25) is 0 Å². The highest BCUT2D eigenvalue weighted by atomic mass is 16.5. The fourth-order valence-corrected chi connectivity index (χ4v) is 3.57. The van der Waals surface area contributed by atoms with Crippen LogP contribution in [0, 0.1) is 5.92 Å². The van der Waals surface area contributed by atoms with Gasteiger partial charge in [-0.15, -0.1) is 10.2 Å². The van der Waals surface area contributed by atoms with Gasteiger partial charge in [-0.25, -0.2) is 4.98 Å². The number of aromatic nitrogens is 4. The van der Waals surface area contributed by atoms with Crippen molar-refractivity contribution >= 4 is 0 Å². The summed E-state index contributed by atoms with van der Waals surface area (Å²) in [6.45, 7) is 0.761. The van der Waals surface area contributed by atoms with Crippen LogP contribution in [0.15, 0.2) is 16.8 Å². The van der Waals surface area contributed by atoms with E-state index in [-0.39, 0.29) is 12.0 Å². The molecule has 6 heteroatoms. The van der Waals surface area contributed by atoms with E-state index in [2.05, 4.69) is 15.2 Å². The van der Waals surface area contributed by atoms with Gasteiger partial charge in [0.1, 0.15) is 11.9 Å². The summed E-state index contributed by atoms with van der Waals surface area (Å²) >= 11 is 0. The van der Waals surface area contributed by atoms with Gasteiger partial charge in [0.25, 0.3) is 0 Å². The number of imidazole rings is 1. The molecular formula is C17H24N4O2. The fourth-order valence-electron chi connectivity index (χ4n) is 3.57. The number of hydrogen-bond donors (Lipinski definition) is 0. The second-order valence-electron chi connectivity index (χ2n) is 6.81. The van der Waals surface area contributed by atoms with Crippen LogP contribution < -0.4 is 0 Å². The van der Waals surface area contributed by atoms with E-state index in [1.54, 1.807) is 0 Å². The van der Waals surface area contributed by atoms with Gasteiger partial charge in [0.2, 0.25) is 11.8 Å². The van der Waals surface area contributed by atoms with E-state index >= 15 is 0 Å². The smallest absolute Gasteiger partial charge is 0.222 e. The molecule has 2 aromatic heterocycles. The highest BCUT2D eigenvalue weighted by molar-refractivity contribution is 5.07. The maximum absolute atomic E-state index is 5.99. The molecule has 1 aliphatic carbocycles. The Morgan fingerprint density at radius 3 is 2.87 bits per heavy atom. The van der Waals surface area contributed by atoms with Gasteiger partial charge < -0.3 is 13.7 Å². The van der Waals surface area contributed by atoms with Crippen LogP contribution in [0.4, 0.5) is 0 Å². The van der Waals surface area contributed by atoms with Gasteiger partial charge in [0.05, 0.1) is 5.92 Å². The maximum atomic E-state index is 5.99. The highest BCUT2D eigenvalue weighted by Crippen LogP contribution is 2.39. The third kappa shape index (κ3) is 3.04. The zero-order valence-electron chi connectivity index (χ0n) is 13.6. The van der Waals surface area contributed by atoms with Gasteiger partial charge >= 0.3 is 0 Å². The summed E-state index contributed by atoms with van der Waals surface area (Å²) in [5, 5.41) is 8.58. The van der Waals surface area contributed by atoms with Crippen molar-refractivity contribution in [1.29, 1.82) is 0 Å². The Balaban J connectivity index is 1.48. The van der Waals surface area contributed by atoms with E-state index in [0.29, 0.717) is 5.89 Å². The lowest BCUT2D eigenvalue weighted by Crippen LogP contribution is -2.24. The van der Waals surface area contributed by atoms with Crippen LogP contribution in [0.25, 0.3) is 0 Å². The van der Waals surface area contributed by atoms with Crippen molar-refractivity contribution < 1.29 is 9.15 Å². The minimum Gasteiger partial charge on any atom is -0.425 e. The van der Waals surface area contributed by atoms with Crippen molar-refractivity contribution in [2.45, 2.75) is 57.0 Å². The van der Waals surface area contributed by atoms with Gasteiger partial charge in [0, 0.05) is 32.5 Å². The normalized spacial score (nSPS) is 25.4. The molecule has 0 spiro atoms. The Hall–Kier alpha value is -1.69. The van der Waals surface area contributed by atoms with E-state index < -0.39 is 0 Å². The monoisotopic (exact) mass is 316 g/mol. The first kappa shape index (κ1) is 14.9. The number of hydrogen-bond acceptors (Lipinski definition) is 5. The van der Waals surface area contributed by atoms with Crippen LogP contribution in [0.3, 0.4) is 0 Å². The first-order valence-corrected chi connectivity index (χ1v) is 8.72. The van der Waals surface area contributed by atoms with Crippen LogP contribution in [0.1, 0.15) is 68.2 Å². The molecule has 1 saturated heterocycles. The molecule has 4 rings (SSSR count). The standard InChI is InChI=1S/C17H24N4O2/c1-21-10-9-18-16(21)15-13(6-3-11-22-15)17-20-19-14(23-17)8-7-12-4-2-5-12/h9-10,12-13,15H,2-8,11H2,1H3/t13-,15-/m1/s1. The highest BCUT2D eigenvalue weighted by Gasteiger charge is 2.35. The quantitative estimate of drug-likeness (QED) is 0.847. The third-order valence-corrected chi connectivity index (χ3v) is 5.23.